The smallest absolute Gasteiger partial charge is 0.328 e. The molecule has 140 valence electrons. The van der Waals surface area contributed by atoms with Crippen molar-refractivity contribution in [2.75, 3.05) is 5.32 Å². The number of aromatic nitrogens is 6. The van der Waals surface area contributed by atoms with Gasteiger partial charge in [0, 0.05) is 11.2 Å². The molecule has 4 aromatic rings. The molecule has 0 bridgehead atoms. The van der Waals surface area contributed by atoms with Crippen LogP contribution < -0.4 is 16.6 Å². The number of fused-ring (bicyclic) bond motifs is 1. The third-order valence-corrected chi connectivity index (χ3v) is 4.42. The first-order valence-electron chi connectivity index (χ1n) is 8.06. The van der Waals surface area contributed by atoms with Gasteiger partial charge in [0.15, 0.2) is 11.5 Å². The first-order valence-corrected chi connectivity index (χ1v) is 8.44. The van der Waals surface area contributed by atoms with Crippen molar-refractivity contribution in [1.29, 1.82) is 0 Å². The van der Waals surface area contributed by atoms with Crippen molar-refractivity contribution < 1.29 is 4.79 Å². The topological polar surface area (TPSA) is 138 Å². The maximum atomic E-state index is 12.7. The van der Waals surface area contributed by atoms with E-state index in [1.807, 2.05) is 0 Å². The number of imidazole rings is 1. The summed E-state index contributed by atoms with van der Waals surface area (Å²) in [4.78, 5) is 54.6. The van der Waals surface area contributed by atoms with Gasteiger partial charge in [0.2, 0.25) is 0 Å². The number of carbonyl (C=O) groups is 1. The van der Waals surface area contributed by atoms with E-state index in [9.17, 15) is 14.4 Å². The maximum Gasteiger partial charge on any atom is 0.328 e. The minimum Gasteiger partial charge on any atom is -0.340 e. The fourth-order valence-corrected chi connectivity index (χ4v) is 2.84. The summed E-state index contributed by atoms with van der Waals surface area (Å²) in [5, 5.41) is 2.94. The lowest BCUT2D eigenvalue weighted by atomic mass is 10.2. The molecule has 0 fully saturated rings. The summed E-state index contributed by atoms with van der Waals surface area (Å²) in [7, 11) is 0. The fourth-order valence-electron chi connectivity index (χ4n) is 2.65. The van der Waals surface area contributed by atoms with Gasteiger partial charge >= 0.3 is 5.69 Å². The Kier molecular flexibility index (Phi) is 4.45. The van der Waals surface area contributed by atoms with Gasteiger partial charge in [0.25, 0.3) is 11.5 Å². The van der Waals surface area contributed by atoms with Gasteiger partial charge in [-0.15, -0.1) is 0 Å². The molecule has 0 unspecified atom stereocenters. The van der Waals surface area contributed by atoms with Crippen LogP contribution >= 0.6 is 11.6 Å². The van der Waals surface area contributed by atoms with E-state index in [0.717, 1.165) is 10.8 Å². The lowest BCUT2D eigenvalue weighted by Crippen LogP contribution is -2.39. The zero-order valence-electron chi connectivity index (χ0n) is 14.1. The molecule has 1 amide bonds. The highest BCUT2D eigenvalue weighted by Gasteiger charge is 2.18. The van der Waals surface area contributed by atoms with Crippen molar-refractivity contribution in [3.8, 4) is 0 Å². The number of carbonyl (C=O) groups excluding carboxylic acids is 1. The molecule has 11 heteroatoms. The molecule has 1 aromatic carbocycles. The highest BCUT2D eigenvalue weighted by Crippen LogP contribution is 2.16. The van der Waals surface area contributed by atoms with E-state index in [-0.39, 0.29) is 17.9 Å². The van der Waals surface area contributed by atoms with Gasteiger partial charge < -0.3 is 15.3 Å². The van der Waals surface area contributed by atoms with Crippen LogP contribution in [0.25, 0.3) is 11.2 Å². The molecular formula is C17H12ClN7O3. The summed E-state index contributed by atoms with van der Waals surface area (Å²) < 4.78 is 0.905. The number of aromatic amines is 2. The predicted molar refractivity (Wildman–Crippen MR) is 102 cm³/mol. The number of nitrogens with zero attached hydrogens (tertiary/aromatic N) is 4. The van der Waals surface area contributed by atoms with Crippen LogP contribution in [0.4, 0.5) is 5.82 Å². The number of rotatable bonds is 4. The van der Waals surface area contributed by atoms with Gasteiger partial charge in [-0.05, 0) is 11.6 Å². The van der Waals surface area contributed by atoms with Crippen LogP contribution in [0.5, 0.6) is 0 Å². The van der Waals surface area contributed by atoms with Gasteiger partial charge in [0.05, 0.1) is 12.9 Å². The molecule has 0 radical (unpaired) electrons. The molecule has 3 aromatic heterocycles. The Hall–Kier alpha value is -3.79. The van der Waals surface area contributed by atoms with E-state index >= 15 is 0 Å². The average Bonchev–Trinajstić information content (AvgIpc) is 3.16. The van der Waals surface area contributed by atoms with E-state index in [1.54, 1.807) is 24.3 Å². The zero-order valence-corrected chi connectivity index (χ0v) is 14.9. The molecule has 0 atom stereocenters. The van der Waals surface area contributed by atoms with E-state index in [4.69, 9.17) is 11.6 Å². The largest absolute Gasteiger partial charge is 0.340 e. The molecule has 0 saturated heterocycles. The predicted octanol–water partition coefficient (Wildman–Crippen LogP) is 1.16. The summed E-state index contributed by atoms with van der Waals surface area (Å²) in [5.74, 6) is -0.570. The van der Waals surface area contributed by atoms with Crippen LogP contribution in [-0.2, 0) is 6.54 Å². The molecule has 0 aliphatic rings. The minimum absolute atomic E-state index is 0.0761. The van der Waals surface area contributed by atoms with Crippen molar-refractivity contribution >= 4 is 34.5 Å². The molecule has 3 N–H and O–H groups in total. The number of nitrogens with one attached hydrogen (secondary N) is 3. The van der Waals surface area contributed by atoms with Gasteiger partial charge in [0.1, 0.15) is 17.4 Å². The summed E-state index contributed by atoms with van der Waals surface area (Å²) in [6.07, 6.45) is 3.71. The van der Waals surface area contributed by atoms with Gasteiger partial charge in [-0.3, -0.25) is 14.2 Å². The number of hydrogen-bond acceptors (Lipinski definition) is 6. The lowest BCUT2D eigenvalue weighted by molar-refractivity contribution is 0.102. The third-order valence-electron chi connectivity index (χ3n) is 4.05. The van der Waals surface area contributed by atoms with Crippen molar-refractivity contribution in [2.24, 2.45) is 0 Å². The standard InChI is InChI=1S/C17H12ClN7O3/c18-11-4-2-1-3-9(11)6-25-16(27)10(5-19-17(25)28)15(26)24-14-12-13(21-7-20-12)22-8-23-14/h1-5,7-8H,6H2,(H,19,28)(H2,20,21,22,23,24,26). The molecule has 0 aliphatic carbocycles. The normalized spacial score (nSPS) is 10.9. The number of amides is 1. The van der Waals surface area contributed by atoms with Crippen molar-refractivity contribution in [2.45, 2.75) is 6.54 Å². The zero-order chi connectivity index (χ0) is 19.7. The number of anilines is 1. The van der Waals surface area contributed by atoms with Crippen LogP contribution in [0.2, 0.25) is 5.02 Å². The molecule has 28 heavy (non-hydrogen) atoms. The van der Waals surface area contributed by atoms with Crippen molar-refractivity contribution in [3.05, 3.63) is 80.1 Å². The Morgan fingerprint density at radius 1 is 1.14 bits per heavy atom. The van der Waals surface area contributed by atoms with Crippen LogP contribution in [0.15, 0.2) is 52.7 Å². The number of halogens is 1. The highest BCUT2D eigenvalue weighted by molar-refractivity contribution is 6.31. The highest BCUT2D eigenvalue weighted by atomic mass is 35.5. The van der Waals surface area contributed by atoms with E-state index < -0.39 is 17.2 Å². The molecule has 0 spiro atoms. The summed E-state index contributed by atoms with van der Waals surface area (Å²) in [6, 6.07) is 6.82. The molecule has 4 rings (SSSR count). The van der Waals surface area contributed by atoms with Crippen LogP contribution in [0.1, 0.15) is 15.9 Å². The number of H-pyrrole nitrogens is 2. The summed E-state index contributed by atoms with van der Waals surface area (Å²) >= 11 is 6.10. The monoisotopic (exact) mass is 397 g/mol. The second-order valence-corrected chi connectivity index (χ2v) is 6.17. The lowest BCUT2D eigenvalue weighted by Gasteiger charge is -2.09. The van der Waals surface area contributed by atoms with Crippen molar-refractivity contribution in [3.63, 3.8) is 0 Å². The SMILES string of the molecule is O=C(Nc1ncnc2nc[nH]c12)c1c[nH]c(=O)n(Cc2ccccc2Cl)c1=O. The van der Waals surface area contributed by atoms with Gasteiger partial charge in [-0.2, -0.15) is 0 Å². The number of hydrogen-bond donors (Lipinski definition) is 3. The minimum atomic E-state index is -0.754. The maximum absolute atomic E-state index is 12.7. The number of benzene rings is 1. The molecule has 0 aliphatic heterocycles. The quantitative estimate of drug-likeness (QED) is 0.472. The van der Waals surface area contributed by atoms with E-state index in [2.05, 4.69) is 30.2 Å². The summed E-state index contributed by atoms with van der Waals surface area (Å²) in [6.45, 7) is -0.0761. The van der Waals surface area contributed by atoms with Crippen LogP contribution in [-0.4, -0.2) is 35.4 Å². The molecule has 10 nitrogen and oxygen atoms in total. The first-order chi connectivity index (χ1) is 13.5. The second kappa shape index (κ2) is 7.08. The Balaban J connectivity index is 1.70. The Morgan fingerprint density at radius 3 is 2.79 bits per heavy atom. The second-order valence-electron chi connectivity index (χ2n) is 5.77. The fraction of sp³-hybridized carbons (Fsp3) is 0.0588. The molecular weight excluding hydrogens is 386 g/mol. The van der Waals surface area contributed by atoms with Crippen LogP contribution in [0.3, 0.4) is 0 Å². The third kappa shape index (κ3) is 3.16. The van der Waals surface area contributed by atoms with E-state index in [0.29, 0.717) is 21.7 Å². The van der Waals surface area contributed by atoms with Crippen molar-refractivity contribution in [1.82, 2.24) is 29.5 Å². The molecule has 0 saturated carbocycles. The Morgan fingerprint density at radius 2 is 1.96 bits per heavy atom. The van der Waals surface area contributed by atoms with Gasteiger partial charge in [-0.25, -0.2) is 19.7 Å². The summed E-state index contributed by atoms with van der Waals surface area (Å²) in [5.41, 5.74) is -0.308. The Labute approximate surface area is 161 Å². The Bertz CT molecular complexity index is 1310. The average molecular weight is 398 g/mol. The molecule has 3 heterocycles. The van der Waals surface area contributed by atoms with Gasteiger partial charge in [-0.1, -0.05) is 29.8 Å². The van der Waals surface area contributed by atoms with Crippen LogP contribution in [0, 0.1) is 0 Å². The van der Waals surface area contributed by atoms with E-state index in [1.165, 1.54) is 12.7 Å². The first kappa shape index (κ1) is 17.6.